The third-order valence-corrected chi connectivity index (χ3v) is 6.05. The monoisotopic (exact) mass is 334 g/mol. The van der Waals surface area contributed by atoms with Crippen molar-refractivity contribution >= 4 is 27.4 Å². The van der Waals surface area contributed by atoms with Gasteiger partial charge in [0.05, 0.1) is 21.7 Å². The molecule has 1 saturated heterocycles. The van der Waals surface area contributed by atoms with E-state index in [0.29, 0.717) is 0 Å². The molecule has 4 rings (SSSR count). The number of piperidine rings is 1. The van der Waals surface area contributed by atoms with Crippen molar-refractivity contribution in [1.82, 2.24) is 9.97 Å². The summed E-state index contributed by atoms with van der Waals surface area (Å²) < 4.78 is 1.15. The van der Waals surface area contributed by atoms with Gasteiger partial charge in [-0.1, -0.05) is 30.3 Å². The van der Waals surface area contributed by atoms with Gasteiger partial charge in [-0.25, -0.2) is 9.97 Å². The molecule has 24 heavy (non-hydrogen) atoms. The van der Waals surface area contributed by atoms with Gasteiger partial charge >= 0.3 is 0 Å². The minimum Gasteiger partial charge on any atom is -0.355 e. The molecule has 1 aliphatic heterocycles. The van der Waals surface area contributed by atoms with Crippen molar-refractivity contribution in [2.75, 3.05) is 18.0 Å². The topological polar surface area (TPSA) is 52.8 Å². The first-order chi connectivity index (χ1) is 11.7. The van der Waals surface area contributed by atoms with Gasteiger partial charge in [-0.05, 0) is 36.3 Å². The average molecular weight is 334 g/mol. The van der Waals surface area contributed by atoms with Crippen molar-refractivity contribution in [2.45, 2.75) is 25.2 Å². The van der Waals surface area contributed by atoms with Crippen LogP contribution in [-0.4, -0.2) is 23.1 Å². The van der Waals surface area contributed by atoms with Crippen LogP contribution in [0.3, 0.4) is 0 Å². The van der Waals surface area contributed by atoms with E-state index in [1.807, 2.05) is 18.2 Å². The zero-order valence-corrected chi connectivity index (χ0v) is 14.4. The number of anilines is 1. The molecule has 0 aliphatic carbocycles. The Bertz CT molecular complexity index is 902. The first kappa shape index (κ1) is 15.1. The van der Waals surface area contributed by atoms with Crippen LogP contribution in [0.4, 0.5) is 5.82 Å². The lowest BCUT2D eigenvalue weighted by atomic mass is 9.74. The van der Waals surface area contributed by atoms with E-state index in [2.05, 4.69) is 45.4 Å². The first-order valence-corrected chi connectivity index (χ1v) is 9.02. The fourth-order valence-electron chi connectivity index (χ4n) is 3.50. The second-order valence-corrected chi connectivity index (χ2v) is 7.22. The summed E-state index contributed by atoms with van der Waals surface area (Å²) in [7, 11) is 0. The largest absolute Gasteiger partial charge is 0.355 e. The lowest BCUT2D eigenvalue weighted by Gasteiger charge is -2.38. The Kier molecular flexibility index (Phi) is 3.70. The van der Waals surface area contributed by atoms with E-state index in [-0.39, 0.29) is 5.41 Å². The predicted molar refractivity (Wildman–Crippen MR) is 97.3 cm³/mol. The van der Waals surface area contributed by atoms with Crippen molar-refractivity contribution < 1.29 is 0 Å². The van der Waals surface area contributed by atoms with Gasteiger partial charge in [-0.15, -0.1) is 11.3 Å². The van der Waals surface area contributed by atoms with E-state index in [0.717, 1.165) is 47.5 Å². The van der Waals surface area contributed by atoms with Crippen LogP contribution >= 0.6 is 11.3 Å². The molecule has 120 valence electrons. The number of nitrogens with zero attached hydrogens (tertiary/aromatic N) is 4. The highest BCUT2D eigenvalue weighted by Crippen LogP contribution is 2.38. The van der Waals surface area contributed by atoms with E-state index in [1.165, 1.54) is 5.56 Å². The maximum absolute atomic E-state index is 9.83. The third kappa shape index (κ3) is 2.35. The summed E-state index contributed by atoms with van der Waals surface area (Å²) in [5.41, 5.74) is 3.00. The molecular formula is C19H18N4S. The van der Waals surface area contributed by atoms with Crippen LogP contribution in [0.25, 0.3) is 10.2 Å². The van der Waals surface area contributed by atoms with Crippen molar-refractivity contribution in [2.24, 2.45) is 0 Å². The zero-order chi connectivity index (χ0) is 16.6. The van der Waals surface area contributed by atoms with E-state index in [4.69, 9.17) is 0 Å². The van der Waals surface area contributed by atoms with Crippen LogP contribution < -0.4 is 4.90 Å². The molecule has 2 aromatic heterocycles. The molecule has 0 radical (unpaired) electrons. The number of hydrogen-bond donors (Lipinski definition) is 0. The molecule has 0 N–H and O–H groups in total. The summed E-state index contributed by atoms with van der Waals surface area (Å²) in [6.07, 6.45) is 3.30. The molecule has 0 amide bonds. The molecule has 4 nitrogen and oxygen atoms in total. The van der Waals surface area contributed by atoms with Gasteiger partial charge in [0.1, 0.15) is 12.1 Å². The van der Waals surface area contributed by atoms with E-state index >= 15 is 0 Å². The predicted octanol–water partition coefficient (Wildman–Crippen LogP) is 4.06. The summed E-state index contributed by atoms with van der Waals surface area (Å²) in [5.74, 6) is 1.01. The maximum Gasteiger partial charge on any atom is 0.150 e. The Labute approximate surface area is 145 Å². The molecule has 0 bridgehead atoms. The number of hydrogen-bond acceptors (Lipinski definition) is 5. The summed E-state index contributed by atoms with van der Waals surface area (Å²) in [6.45, 7) is 3.76. The molecule has 0 atom stereocenters. The zero-order valence-electron chi connectivity index (χ0n) is 13.6. The van der Waals surface area contributed by atoms with Gasteiger partial charge in [-0.3, -0.25) is 0 Å². The smallest absolute Gasteiger partial charge is 0.150 e. The number of benzene rings is 1. The van der Waals surface area contributed by atoms with Gasteiger partial charge in [0.25, 0.3) is 0 Å². The van der Waals surface area contributed by atoms with E-state index < -0.39 is 0 Å². The number of rotatable bonds is 2. The average Bonchev–Trinajstić information content (AvgIpc) is 3.04. The molecule has 1 aromatic carbocycles. The number of thiophene rings is 1. The quantitative estimate of drug-likeness (QED) is 0.709. The highest BCUT2D eigenvalue weighted by atomic mass is 32.1. The Morgan fingerprint density at radius 1 is 1.17 bits per heavy atom. The lowest BCUT2D eigenvalue weighted by Crippen LogP contribution is -2.42. The number of aryl methyl sites for hydroxylation is 1. The third-order valence-electron chi connectivity index (χ3n) is 4.97. The van der Waals surface area contributed by atoms with Crippen molar-refractivity contribution in [1.29, 1.82) is 5.26 Å². The summed E-state index contributed by atoms with van der Waals surface area (Å²) in [5, 5.41) is 12.0. The molecule has 0 unspecified atom stereocenters. The van der Waals surface area contributed by atoms with Crippen molar-refractivity contribution in [3.63, 3.8) is 0 Å². The molecular weight excluding hydrogens is 316 g/mol. The highest BCUT2D eigenvalue weighted by molar-refractivity contribution is 7.18. The van der Waals surface area contributed by atoms with Crippen LogP contribution in [0.5, 0.6) is 0 Å². The lowest BCUT2D eigenvalue weighted by molar-refractivity contribution is 0.414. The minimum atomic E-state index is -0.380. The van der Waals surface area contributed by atoms with Crippen molar-refractivity contribution in [3.8, 4) is 6.07 Å². The van der Waals surface area contributed by atoms with Crippen LogP contribution in [0.1, 0.15) is 24.0 Å². The number of fused-ring (bicyclic) bond motifs is 1. The Balaban J connectivity index is 1.63. The Morgan fingerprint density at radius 2 is 1.92 bits per heavy atom. The van der Waals surface area contributed by atoms with Crippen LogP contribution in [0.15, 0.2) is 42.0 Å². The molecule has 0 spiro atoms. The Morgan fingerprint density at radius 3 is 2.62 bits per heavy atom. The summed E-state index contributed by atoms with van der Waals surface area (Å²) >= 11 is 1.70. The minimum absolute atomic E-state index is 0.380. The summed E-state index contributed by atoms with van der Waals surface area (Å²) in [4.78, 5) is 11.2. The molecule has 1 fully saturated rings. The van der Waals surface area contributed by atoms with Crippen LogP contribution in [0, 0.1) is 18.3 Å². The molecule has 0 saturated carbocycles. The number of aromatic nitrogens is 2. The van der Waals surface area contributed by atoms with Crippen LogP contribution in [-0.2, 0) is 5.41 Å². The van der Waals surface area contributed by atoms with Gasteiger partial charge in [0, 0.05) is 13.1 Å². The van der Waals surface area contributed by atoms with Gasteiger partial charge in [0.15, 0.2) is 0 Å². The highest BCUT2D eigenvalue weighted by Gasteiger charge is 2.37. The Hall–Kier alpha value is -2.45. The van der Waals surface area contributed by atoms with E-state index in [1.54, 1.807) is 17.7 Å². The standard InChI is InChI=1S/C19H18N4S/c1-14-11-24-17-16(14)21-13-22-18(17)23-9-7-19(12-20,8-10-23)15-5-3-2-4-6-15/h2-6,11,13H,7-10H2,1H3. The van der Waals surface area contributed by atoms with Crippen molar-refractivity contribution in [3.05, 3.63) is 53.2 Å². The fourth-order valence-corrected chi connectivity index (χ4v) is 4.52. The normalized spacial score (nSPS) is 16.9. The number of nitriles is 1. The second-order valence-electron chi connectivity index (χ2n) is 6.34. The molecule has 3 heterocycles. The summed E-state index contributed by atoms with van der Waals surface area (Å²) in [6, 6.07) is 12.8. The SMILES string of the molecule is Cc1csc2c(N3CCC(C#N)(c4ccccc4)CC3)ncnc12. The van der Waals surface area contributed by atoms with Gasteiger partial charge in [-0.2, -0.15) is 5.26 Å². The van der Waals surface area contributed by atoms with E-state index in [9.17, 15) is 5.26 Å². The van der Waals surface area contributed by atoms with Gasteiger partial charge in [0.2, 0.25) is 0 Å². The maximum atomic E-state index is 9.83. The molecule has 5 heteroatoms. The van der Waals surface area contributed by atoms with Crippen LogP contribution in [0.2, 0.25) is 0 Å². The molecule has 3 aromatic rings. The van der Waals surface area contributed by atoms with Gasteiger partial charge < -0.3 is 4.90 Å². The molecule has 1 aliphatic rings. The first-order valence-electron chi connectivity index (χ1n) is 8.14. The fraction of sp³-hybridized carbons (Fsp3) is 0.316. The second kappa shape index (κ2) is 5.88.